The van der Waals surface area contributed by atoms with Gasteiger partial charge in [-0.15, -0.1) is 0 Å². The van der Waals surface area contributed by atoms with Gasteiger partial charge in [0.2, 0.25) is 5.91 Å². The molecule has 0 unspecified atom stereocenters. The fraction of sp³-hybridized carbons (Fsp3) is 0.625. The monoisotopic (exact) mass is 622 g/mol. The molecule has 1 N–H and O–H groups in total. The lowest BCUT2D eigenvalue weighted by Crippen LogP contribution is -3.00. The van der Waals surface area contributed by atoms with Gasteiger partial charge in [-0.1, -0.05) is 97.6 Å². The van der Waals surface area contributed by atoms with Gasteiger partial charge in [0.05, 0.1) is 13.0 Å². The van der Waals surface area contributed by atoms with Gasteiger partial charge in [0.25, 0.3) is 0 Å². The normalized spacial score (nSPS) is 11.2. The van der Waals surface area contributed by atoms with E-state index < -0.39 is 0 Å². The van der Waals surface area contributed by atoms with Crippen LogP contribution in [-0.2, 0) is 29.7 Å². The molecule has 0 radical (unpaired) electrons. The van der Waals surface area contributed by atoms with Crippen LogP contribution in [0.15, 0.2) is 42.7 Å². The van der Waals surface area contributed by atoms with Gasteiger partial charge in [0.1, 0.15) is 12.3 Å². The number of aryl methyl sites for hydroxylation is 1. The first-order valence-electron chi connectivity index (χ1n) is 14.3. The number of nitrogens with zero attached hydrogens (tertiary/aromatic N) is 1. The largest absolute Gasteiger partial charge is 1.00 e. The fourth-order valence-electron chi connectivity index (χ4n) is 4.44. The number of carbonyl (C=O) groups is 1. The summed E-state index contributed by atoms with van der Waals surface area (Å²) >= 11 is 0. The van der Waals surface area contributed by atoms with Gasteiger partial charge in [-0.05, 0) is 41.5 Å². The highest BCUT2D eigenvalue weighted by Crippen LogP contribution is 2.32. The number of aromatic nitrogens is 1. The highest BCUT2D eigenvalue weighted by molar-refractivity contribution is 5.78. The van der Waals surface area contributed by atoms with E-state index in [1.165, 1.54) is 63.4 Å². The Bertz CT molecular complexity index is 891. The number of pyridine rings is 1. The summed E-state index contributed by atoms with van der Waals surface area (Å²) in [5, 5.41) is 3.05. The van der Waals surface area contributed by atoms with Crippen molar-refractivity contribution in [1.29, 1.82) is 0 Å². The van der Waals surface area contributed by atoms with Gasteiger partial charge in [-0.2, -0.15) is 0 Å². The van der Waals surface area contributed by atoms with Gasteiger partial charge in [-0.25, -0.2) is 4.57 Å². The minimum atomic E-state index is -0.0434. The molecule has 0 aliphatic rings. The molecule has 2 rings (SSSR count). The van der Waals surface area contributed by atoms with Crippen LogP contribution in [0.4, 0.5) is 0 Å². The molecule has 0 aliphatic heterocycles. The third-order valence-corrected chi connectivity index (χ3v) is 6.79. The summed E-state index contributed by atoms with van der Waals surface area (Å²) in [5.74, 6) is 0.997. The Kier molecular flexibility index (Phi) is 16.8. The van der Waals surface area contributed by atoms with Crippen molar-refractivity contribution in [3.8, 4) is 5.75 Å². The van der Waals surface area contributed by atoms with Crippen LogP contribution in [0.25, 0.3) is 0 Å². The van der Waals surface area contributed by atoms with Crippen molar-refractivity contribution in [2.75, 3.05) is 6.61 Å². The first kappa shape index (κ1) is 33.4. The van der Waals surface area contributed by atoms with E-state index in [-0.39, 0.29) is 35.3 Å². The second-order valence-electron chi connectivity index (χ2n) is 11.1. The SMILES string of the molecule is CCCCCCCCCCCCOc1ccc(CC(=O)NCc2cc[n+](CC)cc2)cc1C(C)(C)C.[I-]. The second-order valence-corrected chi connectivity index (χ2v) is 11.1. The van der Waals surface area contributed by atoms with Crippen LogP contribution in [0, 0.1) is 0 Å². The molecule has 0 bridgehead atoms. The van der Waals surface area contributed by atoms with E-state index >= 15 is 0 Å². The van der Waals surface area contributed by atoms with Crippen LogP contribution in [0.2, 0.25) is 0 Å². The minimum absolute atomic E-state index is 0. The van der Waals surface area contributed by atoms with Crippen molar-refractivity contribution in [2.45, 2.75) is 124 Å². The van der Waals surface area contributed by atoms with Crippen LogP contribution in [0.3, 0.4) is 0 Å². The number of nitrogens with one attached hydrogen (secondary N) is 1. The molecule has 37 heavy (non-hydrogen) atoms. The van der Waals surface area contributed by atoms with Crippen molar-refractivity contribution in [1.82, 2.24) is 5.32 Å². The first-order valence-corrected chi connectivity index (χ1v) is 14.3. The number of unbranched alkanes of at least 4 members (excludes halogenated alkanes) is 9. The molecule has 5 heteroatoms. The van der Waals surface area contributed by atoms with Crippen LogP contribution in [0.5, 0.6) is 5.75 Å². The predicted molar refractivity (Wildman–Crippen MR) is 150 cm³/mol. The topological polar surface area (TPSA) is 42.2 Å². The number of hydrogen-bond donors (Lipinski definition) is 1. The molecule has 1 aromatic carbocycles. The lowest BCUT2D eigenvalue weighted by Gasteiger charge is -2.24. The highest BCUT2D eigenvalue weighted by atomic mass is 127. The Labute approximate surface area is 244 Å². The van der Waals surface area contributed by atoms with Crippen LogP contribution in [-0.4, -0.2) is 12.5 Å². The maximum atomic E-state index is 12.6. The summed E-state index contributed by atoms with van der Waals surface area (Å²) in [6.07, 6.45) is 17.7. The molecule has 0 spiro atoms. The molecule has 0 saturated carbocycles. The molecular weight excluding hydrogens is 571 g/mol. The van der Waals surface area contributed by atoms with Crippen LogP contribution >= 0.6 is 0 Å². The molecule has 1 aromatic heterocycles. The van der Waals surface area contributed by atoms with Gasteiger partial charge in [0.15, 0.2) is 12.4 Å². The zero-order chi connectivity index (χ0) is 26.2. The van der Waals surface area contributed by atoms with E-state index in [0.717, 1.165) is 36.4 Å². The maximum Gasteiger partial charge on any atom is 0.224 e. The average Bonchev–Trinajstić information content (AvgIpc) is 2.86. The number of benzene rings is 1. The zero-order valence-corrected chi connectivity index (χ0v) is 26.2. The van der Waals surface area contributed by atoms with E-state index in [1.807, 2.05) is 18.5 Å². The highest BCUT2D eigenvalue weighted by Gasteiger charge is 2.20. The summed E-state index contributed by atoms with van der Waals surface area (Å²) < 4.78 is 8.33. The average molecular weight is 623 g/mol. The number of ether oxygens (including phenoxy) is 1. The Morgan fingerprint density at radius 1 is 0.838 bits per heavy atom. The number of carbonyl (C=O) groups excluding carboxylic acids is 1. The summed E-state index contributed by atoms with van der Waals surface area (Å²) in [6.45, 7) is 13.3. The molecular formula is C32H51IN2O2. The molecule has 1 amide bonds. The predicted octanol–water partition coefficient (Wildman–Crippen LogP) is 4.45. The summed E-state index contributed by atoms with van der Waals surface area (Å²) in [4.78, 5) is 12.6. The molecule has 0 atom stereocenters. The Morgan fingerprint density at radius 3 is 2.00 bits per heavy atom. The van der Waals surface area contributed by atoms with Crippen molar-refractivity contribution < 1.29 is 38.1 Å². The van der Waals surface area contributed by atoms with Crippen LogP contribution < -0.4 is 38.6 Å². The summed E-state index contributed by atoms with van der Waals surface area (Å²) in [6, 6.07) is 10.4. The summed E-state index contributed by atoms with van der Waals surface area (Å²) in [7, 11) is 0. The fourth-order valence-corrected chi connectivity index (χ4v) is 4.44. The van der Waals surface area contributed by atoms with Gasteiger partial charge >= 0.3 is 0 Å². The van der Waals surface area contributed by atoms with E-state index in [9.17, 15) is 4.79 Å². The molecule has 0 saturated heterocycles. The number of hydrogen-bond acceptors (Lipinski definition) is 2. The Morgan fingerprint density at radius 2 is 1.43 bits per heavy atom. The molecule has 208 valence electrons. The van der Waals surface area contributed by atoms with E-state index in [0.29, 0.717) is 13.0 Å². The zero-order valence-electron chi connectivity index (χ0n) is 24.1. The second kappa shape index (κ2) is 18.6. The van der Waals surface area contributed by atoms with Gasteiger partial charge in [0, 0.05) is 18.7 Å². The Balaban J connectivity index is 0.00000684. The summed E-state index contributed by atoms with van der Waals surface area (Å²) in [5.41, 5.74) is 3.27. The van der Waals surface area contributed by atoms with Crippen LogP contribution in [0.1, 0.15) is 116 Å². The maximum absolute atomic E-state index is 12.6. The third-order valence-electron chi connectivity index (χ3n) is 6.79. The lowest BCUT2D eigenvalue weighted by molar-refractivity contribution is -0.693. The quantitative estimate of drug-likeness (QED) is 0.161. The number of halogens is 1. The molecule has 1 heterocycles. The Hall–Kier alpha value is -1.63. The number of amides is 1. The van der Waals surface area contributed by atoms with E-state index in [1.54, 1.807) is 0 Å². The van der Waals surface area contributed by atoms with Crippen molar-refractivity contribution >= 4 is 5.91 Å². The smallest absolute Gasteiger partial charge is 0.224 e. The van der Waals surface area contributed by atoms with Gasteiger partial charge in [-0.3, -0.25) is 4.79 Å². The van der Waals surface area contributed by atoms with Crippen molar-refractivity contribution in [3.05, 3.63) is 59.4 Å². The first-order chi connectivity index (χ1) is 17.3. The van der Waals surface area contributed by atoms with E-state index in [4.69, 9.17) is 4.74 Å². The minimum Gasteiger partial charge on any atom is -1.00 e. The molecule has 0 fully saturated rings. The standard InChI is InChI=1S/C32H50N2O2.HI/c1-6-8-9-10-11-12-13-14-15-16-23-36-30-18-17-28(24-29(30)32(3,4)5)25-31(35)33-26-27-19-21-34(7-2)22-20-27;/h17-22,24H,6-16,23,25-26H2,1-5H3;1H. The van der Waals surface area contributed by atoms with E-state index in [2.05, 4.69) is 68.8 Å². The number of rotatable bonds is 17. The third kappa shape index (κ3) is 13.6. The molecule has 4 nitrogen and oxygen atoms in total. The van der Waals surface area contributed by atoms with Crippen molar-refractivity contribution in [2.24, 2.45) is 0 Å². The molecule has 0 aliphatic carbocycles. The van der Waals surface area contributed by atoms with Crippen molar-refractivity contribution in [3.63, 3.8) is 0 Å². The van der Waals surface area contributed by atoms with Gasteiger partial charge < -0.3 is 34.0 Å². The lowest BCUT2D eigenvalue weighted by atomic mass is 9.85. The molecule has 2 aromatic rings.